The molecule has 0 bridgehead atoms. The Morgan fingerprint density at radius 3 is 2.22 bits per heavy atom. The van der Waals surface area contributed by atoms with E-state index in [0.717, 1.165) is 25.7 Å². The first-order valence-corrected chi connectivity index (χ1v) is 7.87. The van der Waals surface area contributed by atoms with Crippen molar-refractivity contribution in [2.24, 2.45) is 0 Å². The highest BCUT2D eigenvalue weighted by Gasteiger charge is 2.19. The average Bonchev–Trinajstić information content (AvgIpc) is 3.09. The number of nitrogens with one attached hydrogen (secondary N) is 2. The van der Waals surface area contributed by atoms with Gasteiger partial charge < -0.3 is 10.6 Å². The number of nitrogens with zero attached hydrogens (tertiary/aromatic N) is 1. The molecule has 5 nitrogen and oxygen atoms in total. The highest BCUT2D eigenvalue weighted by molar-refractivity contribution is 6.03. The zero-order valence-corrected chi connectivity index (χ0v) is 12.8. The molecule has 0 aliphatic heterocycles. The van der Waals surface area contributed by atoms with E-state index in [1.807, 2.05) is 18.2 Å². The fourth-order valence-electron chi connectivity index (χ4n) is 2.73. The summed E-state index contributed by atoms with van der Waals surface area (Å²) in [5.41, 5.74) is 1.20. The van der Waals surface area contributed by atoms with Crippen molar-refractivity contribution < 1.29 is 9.59 Å². The first kappa shape index (κ1) is 15.2. The van der Waals surface area contributed by atoms with E-state index in [1.54, 1.807) is 30.3 Å². The van der Waals surface area contributed by atoms with Gasteiger partial charge in [0.05, 0.1) is 0 Å². The van der Waals surface area contributed by atoms with Crippen molar-refractivity contribution in [3.63, 3.8) is 0 Å². The van der Waals surface area contributed by atoms with Crippen molar-refractivity contribution in [2.75, 3.05) is 5.32 Å². The molecule has 1 saturated carbocycles. The molecule has 1 aliphatic rings. The van der Waals surface area contributed by atoms with Crippen molar-refractivity contribution >= 4 is 17.5 Å². The van der Waals surface area contributed by atoms with Gasteiger partial charge in [-0.15, -0.1) is 0 Å². The average molecular weight is 309 g/mol. The van der Waals surface area contributed by atoms with Crippen LogP contribution in [-0.2, 0) is 0 Å². The van der Waals surface area contributed by atoms with Crippen LogP contribution in [0.2, 0.25) is 0 Å². The molecule has 0 radical (unpaired) electrons. The fourth-order valence-corrected chi connectivity index (χ4v) is 2.73. The lowest BCUT2D eigenvalue weighted by atomic mass is 10.2. The molecule has 1 heterocycles. The van der Waals surface area contributed by atoms with E-state index in [-0.39, 0.29) is 29.2 Å². The molecular weight excluding hydrogens is 290 g/mol. The number of carbonyl (C=O) groups is 2. The SMILES string of the molecule is O=C(Nc1ccccc1)c1cccc(C(=O)NC2CCCC2)n1. The molecule has 2 amide bonds. The van der Waals surface area contributed by atoms with Crippen LogP contribution in [0.1, 0.15) is 46.7 Å². The van der Waals surface area contributed by atoms with Crippen LogP contribution >= 0.6 is 0 Å². The standard InChI is InChI=1S/C18H19N3O2/c22-17(19-13-7-2-1-3-8-13)15-11-6-12-16(21-15)18(23)20-14-9-4-5-10-14/h1-3,6-8,11-12,14H,4-5,9-10H2,(H,19,22)(H,20,23). The highest BCUT2D eigenvalue weighted by atomic mass is 16.2. The van der Waals surface area contributed by atoms with Crippen molar-refractivity contribution in [3.05, 3.63) is 59.9 Å². The van der Waals surface area contributed by atoms with Gasteiger partial charge >= 0.3 is 0 Å². The molecule has 0 saturated heterocycles. The predicted molar refractivity (Wildman–Crippen MR) is 88.4 cm³/mol. The first-order valence-electron chi connectivity index (χ1n) is 7.87. The molecule has 1 aliphatic carbocycles. The molecule has 0 spiro atoms. The van der Waals surface area contributed by atoms with Crippen molar-refractivity contribution in [2.45, 2.75) is 31.7 Å². The summed E-state index contributed by atoms with van der Waals surface area (Å²) in [6.45, 7) is 0. The zero-order chi connectivity index (χ0) is 16.1. The number of para-hydroxylation sites is 1. The number of benzene rings is 1. The number of carbonyl (C=O) groups excluding carboxylic acids is 2. The molecule has 2 N–H and O–H groups in total. The van der Waals surface area contributed by atoms with E-state index in [1.165, 1.54) is 0 Å². The van der Waals surface area contributed by atoms with Crippen LogP contribution in [0.25, 0.3) is 0 Å². The first-order chi connectivity index (χ1) is 11.2. The van der Waals surface area contributed by atoms with Gasteiger partial charge in [0.1, 0.15) is 11.4 Å². The third kappa shape index (κ3) is 3.94. The summed E-state index contributed by atoms with van der Waals surface area (Å²) in [5, 5.41) is 5.74. The van der Waals surface area contributed by atoms with Crippen LogP contribution in [0, 0.1) is 0 Å². The molecule has 0 unspecified atom stereocenters. The van der Waals surface area contributed by atoms with Crippen molar-refractivity contribution in [3.8, 4) is 0 Å². The number of pyridine rings is 1. The molecule has 5 heteroatoms. The Morgan fingerprint density at radius 1 is 0.870 bits per heavy atom. The Balaban J connectivity index is 1.68. The molecule has 2 aromatic rings. The molecular formula is C18H19N3O2. The lowest BCUT2D eigenvalue weighted by Crippen LogP contribution is -2.33. The molecule has 1 fully saturated rings. The van der Waals surface area contributed by atoms with Gasteiger partial charge in [-0.1, -0.05) is 37.1 Å². The second kappa shape index (κ2) is 7.05. The lowest BCUT2D eigenvalue weighted by Gasteiger charge is -2.11. The number of hydrogen-bond donors (Lipinski definition) is 2. The molecule has 3 rings (SSSR count). The van der Waals surface area contributed by atoms with Gasteiger partial charge in [-0.05, 0) is 37.1 Å². The van der Waals surface area contributed by atoms with Gasteiger partial charge in [-0.2, -0.15) is 0 Å². The van der Waals surface area contributed by atoms with Gasteiger partial charge in [0.15, 0.2) is 0 Å². The van der Waals surface area contributed by atoms with Crippen molar-refractivity contribution in [1.29, 1.82) is 0 Å². The van der Waals surface area contributed by atoms with E-state index >= 15 is 0 Å². The third-order valence-electron chi connectivity index (χ3n) is 3.94. The minimum Gasteiger partial charge on any atom is -0.348 e. The van der Waals surface area contributed by atoms with E-state index in [9.17, 15) is 9.59 Å². The number of anilines is 1. The summed E-state index contributed by atoms with van der Waals surface area (Å²) >= 11 is 0. The van der Waals surface area contributed by atoms with Crippen LogP contribution in [-0.4, -0.2) is 22.8 Å². The second-order valence-corrected chi connectivity index (χ2v) is 5.68. The number of rotatable bonds is 4. The summed E-state index contributed by atoms with van der Waals surface area (Å²) < 4.78 is 0. The van der Waals surface area contributed by atoms with Crippen molar-refractivity contribution in [1.82, 2.24) is 10.3 Å². The summed E-state index contributed by atoms with van der Waals surface area (Å²) in [5.74, 6) is -0.544. The molecule has 0 atom stereocenters. The van der Waals surface area contributed by atoms with E-state index in [2.05, 4.69) is 15.6 Å². The smallest absolute Gasteiger partial charge is 0.274 e. The zero-order valence-electron chi connectivity index (χ0n) is 12.8. The number of amides is 2. The summed E-state index contributed by atoms with van der Waals surface area (Å²) in [6, 6.07) is 14.3. The van der Waals surface area contributed by atoms with Gasteiger partial charge in [-0.3, -0.25) is 9.59 Å². The Bertz CT molecular complexity index is 694. The van der Waals surface area contributed by atoms with Gasteiger partial charge in [0.25, 0.3) is 11.8 Å². The molecule has 118 valence electrons. The molecule has 1 aromatic carbocycles. The Morgan fingerprint density at radius 2 is 1.52 bits per heavy atom. The highest BCUT2D eigenvalue weighted by Crippen LogP contribution is 2.18. The van der Waals surface area contributed by atoms with E-state index in [0.29, 0.717) is 5.69 Å². The fraction of sp³-hybridized carbons (Fsp3) is 0.278. The van der Waals surface area contributed by atoms with Crippen LogP contribution in [0.4, 0.5) is 5.69 Å². The second-order valence-electron chi connectivity index (χ2n) is 5.68. The van der Waals surface area contributed by atoms with Gasteiger partial charge in [0.2, 0.25) is 0 Å². The van der Waals surface area contributed by atoms with Crippen LogP contribution in [0.3, 0.4) is 0 Å². The Labute approximate surface area is 135 Å². The lowest BCUT2D eigenvalue weighted by molar-refractivity contribution is 0.0932. The number of hydrogen-bond acceptors (Lipinski definition) is 3. The minimum absolute atomic E-state index is 0.216. The topological polar surface area (TPSA) is 71.1 Å². The molecule has 1 aromatic heterocycles. The van der Waals surface area contributed by atoms with Crippen LogP contribution in [0.15, 0.2) is 48.5 Å². The maximum Gasteiger partial charge on any atom is 0.274 e. The van der Waals surface area contributed by atoms with Gasteiger partial charge in [-0.25, -0.2) is 4.98 Å². The maximum absolute atomic E-state index is 12.2. The minimum atomic E-state index is -0.327. The summed E-state index contributed by atoms with van der Waals surface area (Å²) in [7, 11) is 0. The maximum atomic E-state index is 12.2. The van der Waals surface area contributed by atoms with Gasteiger partial charge in [0, 0.05) is 11.7 Å². The monoisotopic (exact) mass is 309 g/mol. The summed E-state index contributed by atoms with van der Waals surface area (Å²) in [6.07, 6.45) is 4.33. The molecule has 23 heavy (non-hydrogen) atoms. The Kier molecular flexibility index (Phi) is 4.66. The quantitative estimate of drug-likeness (QED) is 0.912. The summed E-state index contributed by atoms with van der Waals surface area (Å²) in [4.78, 5) is 28.6. The van der Waals surface area contributed by atoms with E-state index in [4.69, 9.17) is 0 Å². The van der Waals surface area contributed by atoms with Crippen LogP contribution < -0.4 is 10.6 Å². The third-order valence-corrected chi connectivity index (χ3v) is 3.94. The number of aromatic nitrogens is 1. The van der Waals surface area contributed by atoms with E-state index < -0.39 is 0 Å². The predicted octanol–water partition coefficient (Wildman–Crippen LogP) is 3.01. The normalized spacial score (nSPS) is 14.4. The van der Waals surface area contributed by atoms with Crippen LogP contribution in [0.5, 0.6) is 0 Å². The Hall–Kier alpha value is -2.69. The largest absolute Gasteiger partial charge is 0.348 e.